The number of ether oxygens (including phenoxy) is 1. The fraction of sp³-hybridized carbons (Fsp3) is 0.0952. The van der Waals surface area contributed by atoms with Crippen molar-refractivity contribution in [3.63, 3.8) is 0 Å². The van der Waals surface area contributed by atoms with Crippen LogP contribution in [-0.4, -0.2) is 27.6 Å². The Morgan fingerprint density at radius 2 is 2.07 bits per heavy atom. The van der Waals surface area contributed by atoms with Crippen LogP contribution in [0.3, 0.4) is 0 Å². The molecule has 0 atom stereocenters. The molecule has 148 valence electrons. The van der Waals surface area contributed by atoms with Crippen LogP contribution in [0.4, 0.5) is 11.4 Å². The molecule has 0 saturated heterocycles. The van der Waals surface area contributed by atoms with Crippen molar-refractivity contribution in [3.8, 4) is 11.8 Å². The standard InChI is InChI=1S/C21H15N5O4/c1-12-14(10-22)20-24-16-5-3-4-6-18(16)25(20)21(27)15(12)11-23-17-8-7-13(26(28)29)9-19(17)30-2/h3-9,11,24H,1-2H3. The van der Waals surface area contributed by atoms with Crippen LogP contribution in [0.1, 0.15) is 16.7 Å². The number of non-ortho nitro benzene ring substituents is 1. The number of hydrogen-bond donors (Lipinski definition) is 1. The van der Waals surface area contributed by atoms with Gasteiger partial charge in [-0.1, -0.05) is 12.1 Å². The highest BCUT2D eigenvalue weighted by Crippen LogP contribution is 2.31. The number of aliphatic imine (C=N–C) groups is 1. The number of nitriles is 1. The number of H-pyrrole nitrogens is 1. The number of para-hydroxylation sites is 2. The van der Waals surface area contributed by atoms with E-state index in [1.165, 1.54) is 35.9 Å². The third kappa shape index (κ3) is 2.87. The second kappa shape index (κ2) is 7.18. The molecule has 4 rings (SSSR count). The van der Waals surface area contributed by atoms with Gasteiger partial charge < -0.3 is 9.72 Å². The van der Waals surface area contributed by atoms with Crippen molar-refractivity contribution in [1.82, 2.24) is 9.38 Å². The molecule has 0 aliphatic heterocycles. The first-order valence-electron chi connectivity index (χ1n) is 8.89. The Balaban J connectivity index is 1.94. The van der Waals surface area contributed by atoms with Crippen molar-refractivity contribution in [2.24, 2.45) is 4.99 Å². The highest BCUT2D eigenvalue weighted by Gasteiger charge is 2.18. The second-order valence-electron chi connectivity index (χ2n) is 6.53. The normalized spacial score (nSPS) is 11.2. The van der Waals surface area contributed by atoms with E-state index in [1.807, 2.05) is 18.2 Å². The minimum atomic E-state index is -0.531. The number of aromatic nitrogens is 2. The average Bonchev–Trinajstić information content (AvgIpc) is 3.13. The van der Waals surface area contributed by atoms with Gasteiger partial charge in [-0.05, 0) is 30.7 Å². The fourth-order valence-electron chi connectivity index (χ4n) is 3.37. The molecule has 0 saturated carbocycles. The second-order valence-corrected chi connectivity index (χ2v) is 6.53. The van der Waals surface area contributed by atoms with Gasteiger partial charge in [-0.15, -0.1) is 0 Å². The molecule has 0 amide bonds. The van der Waals surface area contributed by atoms with Crippen LogP contribution >= 0.6 is 0 Å². The Morgan fingerprint density at radius 1 is 1.30 bits per heavy atom. The number of nitro benzene ring substituents is 1. The summed E-state index contributed by atoms with van der Waals surface area (Å²) in [5.74, 6) is 0.201. The summed E-state index contributed by atoms with van der Waals surface area (Å²) >= 11 is 0. The molecule has 0 aliphatic carbocycles. The molecule has 2 heterocycles. The van der Waals surface area contributed by atoms with Gasteiger partial charge in [0.25, 0.3) is 11.2 Å². The number of benzene rings is 2. The number of nitrogens with zero attached hydrogens (tertiary/aromatic N) is 4. The largest absolute Gasteiger partial charge is 0.494 e. The van der Waals surface area contributed by atoms with Crippen LogP contribution in [0.25, 0.3) is 16.7 Å². The summed E-state index contributed by atoms with van der Waals surface area (Å²) in [5, 5.41) is 20.7. The molecule has 4 aromatic rings. The lowest BCUT2D eigenvalue weighted by Gasteiger charge is -2.06. The minimum Gasteiger partial charge on any atom is -0.494 e. The van der Waals surface area contributed by atoms with Crippen molar-refractivity contribution in [2.45, 2.75) is 6.92 Å². The van der Waals surface area contributed by atoms with E-state index in [2.05, 4.69) is 16.0 Å². The van der Waals surface area contributed by atoms with Crippen LogP contribution in [0, 0.1) is 28.4 Å². The van der Waals surface area contributed by atoms with E-state index < -0.39 is 4.92 Å². The van der Waals surface area contributed by atoms with Gasteiger partial charge in [-0.25, -0.2) is 0 Å². The smallest absolute Gasteiger partial charge is 0.273 e. The van der Waals surface area contributed by atoms with Crippen LogP contribution in [0.15, 0.2) is 52.3 Å². The van der Waals surface area contributed by atoms with Crippen molar-refractivity contribution in [2.75, 3.05) is 7.11 Å². The zero-order chi connectivity index (χ0) is 21.4. The van der Waals surface area contributed by atoms with Crippen molar-refractivity contribution in [3.05, 3.63) is 79.6 Å². The lowest BCUT2D eigenvalue weighted by molar-refractivity contribution is -0.384. The zero-order valence-corrected chi connectivity index (χ0v) is 16.0. The Morgan fingerprint density at radius 3 is 2.77 bits per heavy atom. The Labute approximate surface area is 169 Å². The molecule has 0 radical (unpaired) electrons. The quantitative estimate of drug-likeness (QED) is 0.317. The number of aromatic amines is 1. The maximum absolute atomic E-state index is 13.2. The van der Waals surface area contributed by atoms with Gasteiger partial charge in [0.05, 0.1) is 40.3 Å². The summed E-state index contributed by atoms with van der Waals surface area (Å²) in [6, 6.07) is 13.4. The molecule has 2 aromatic carbocycles. The number of nitro groups is 1. The maximum Gasteiger partial charge on any atom is 0.273 e. The lowest BCUT2D eigenvalue weighted by Crippen LogP contribution is -2.20. The number of pyridine rings is 1. The third-order valence-electron chi connectivity index (χ3n) is 4.89. The molecule has 9 heteroatoms. The molecule has 2 aromatic heterocycles. The summed E-state index contributed by atoms with van der Waals surface area (Å²) in [7, 11) is 1.38. The molecular formula is C21H15N5O4. The Hall–Kier alpha value is -4.45. The molecule has 0 spiro atoms. The zero-order valence-electron chi connectivity index (χ0n) is 16.0. The van der Waals surface area contributed by atoms with E-state index in [0.717, 1.165) is 5.52 Å². The lowest BCUT2D eigenvalue weighted by atomic mass is 10.1. The summed E-state index contributed by atoms with van der Waals surface area (Å²) in [6.45, 7) is 1.68. The molecule has 1 N–H and O–H groups in total. The van der Waals surface area contributed by atoms with Crippen LogP contribution < -0.4 is 10.3 Å². The highest BCUT2D eigenvalue weighted by atomic mass is 16.6. The summed E-state index contributed by atoms with van der Waals surface area (Å²) in [4.78, 5) is 31.1. The summed E-state index contributed by atoms with van der Waals surface area (Å²) in [5.41, 5.74) is 2.73. The minimum absolute atomic E-state index is 0.131. The van der Waals surface area contributed by atoms with E-state index in [0.29, 0.717) is 28.0 Å². The molecule has 0 fully saturated rings. The van der Waals surface area contributed by atoms with E-state index in [4.69, 9.17) is 4.74 Å². The van der Waals surface area contributed by atoms with E-state index in [1.54, 1.807) is 13.0 Å². The van der Waals surface area contributed by atoms with E-state index >= 15 is 0 Å². The first kappa shape index (κ1) is 18.9. The fourth-order valence-corrected chi connectivity index (χ4v) is 3.37. The first-order chi connectivity index (χ1) is 14.5. The van der Waals surface area contributed by atoms with Crippen molar-refractivity contribution in [1.29, 1.82) is 5.26 Å². The van der Waals surface area contributed by atoms with Gasteiger partial charge in [-0.3, -0.25) is 24.3 Å². The topological polar surface area (TPSA) is 126 Å². The van der Waals surface area contributed by atoms with Gasteiger partial charge >= 0.3 is 0 Å². The predicted octanol–water partition coefficient (Wildman–Crippen LogP) is 3.63. The molecule has 30 heavy (non-hydrogen) atoms. The van der Waals surface area contributed by atoms with Gasteiger partial charge in [0, 0.05) is 12.3 Å². The third-order valence-corrected chi connectivity index (χ3v) is 4.89. The van der Waals surface area contributed by atoms with E-state index in [-0.39, 0.29) is 22.6 Å². The monoisotopic (exact) mass is 401 g/mol. The van der Waals surface area contributed by atoms with Crippen LogP contribution in [0.5, 0.6) is 5.75 Å². The summed E-state index contributed by atoms with van der Waals surface area (Å²) in [6.07, 6.45) is 1.36. The Bertz CT molecular complexity index is 1460. The van der Waals surface area contributed by atoms with E-state index in [9.17, 15) is 20.2 Å². The van der Waals surface area contributed by atoms with Gasteiger partial charge in [-0.2, -0.15) is 5.26 Å². The Kier molecular flexibility index (Phi) is 4.52. The molecular weight excluding hydrogens is 386 g/mol. The number of methoxy groups -OCH3 is 1. The highest BCUT2D eigenvalue weighted by molar-refractivity contribution is 5.89. The van der Waals surface area contributed by atoms with Crippen LogP contribution in [0.2, 0.25) is 0 Å². The average molecular weight is 401 g/mol. The number of rotatable bonds is 4. The molecule has 9 nitrogen and oxygen atoms in total. The SMILES string of the molecule is COc1cc([N+](=O)[O-])ccc1N=Cc1c(C)c(C#N)c2[nH]c3ccccc3n2c1=O. The van der Waals surface area contributed by atoms with Gasteiger partial charge in [0.2, 0.25) is 0 Å². The first-order valence-corrected chi connectivity index (χ1v) is 8.89. The van der Waals surface area contributed by atoms with Crippen molar-refractivity contribution < 1.29 is 9.66 Å². The maximum atomic E-state index is 13.2. The molecule has 0 aliphatic rings. The summed E-state index contributed by atoms with van der Waals surface area (Å²) < 4.78 is 6.64. The number of fused-ring (bicyclic) bond motifs is 3. The number of nitrogens with one attached hydrogen (secondary N) is 1. The molecule has 0 unspecified atom stereocenters. The number of imidazole rings is 1. The molecule has 0 bridgehead atoms. The van der Waals surface area contributed by atoms with Gasteiger partial charge in [0.1, 0.15) is 17.4 Å². The van der Waals surface area contributed by atoms with Gasteiger partial charge in [0.15, 0.2) is 5.75 Å². The predicted molar refractivity (Wildman–Crippen MR) is 112 cm³/mol. The van der Waals surface area contributed by atoms with Crippen molar-refractivity contribution >= 4 is 34.3 Å². The number of hydrogen-bond acceptors (Lipinski definition) is 6. The van der Waals surface area contributed by atoms with Crippen LogP contribution in [-0.2, 0) is 0 Å².